The first-order valence-corrected chi connectivity index (χ1v) is 5.17. The summed E-state index contributed by atoms with van der Waals surface area (Å²) in [5, 5.41) is 0. The highest BCUT2D eigenvalue weighted by Gasteiger charge is 2.20. The molecular formula is C10H21NO2. The largest absolute Gasteiger partial charge is 0.448 e. The van der Waals surface area contributed by atoms with Crippen molar-refractivity contribution in [1.29, 1.82) is 0 Å². The van der Waals surface area contributed by atoms with Crippen LogP contribution in [0.1, 0.15) is 40.0 Å². The van der Waals surface area contributed by atoms with Crippen molar-refractivity contribution in [3.8, 4) is 0 Å². The summed E-state index contributed by atoms with van der Waals surface area (Å²) in [5.41, 5.74) is 0. The Morgan fingerprint density at radius 2 is 2.00 bits per heavy atom. The molecule has 1 saturated heterocycles. The Kier molecular flexibility index (Phi) is 7.45. The van der Waals surface area contributed by atoms with E-state index in [0.717, 1.165) is 25.9 Å². The number of rotatable bonds is 3. The van der Waals surface area contributed by atoms with Gasteiger partial charge in [-0.05, 0) is 6.42 Å². The third-order valence-electron chi connectivity index (χ3n) is 1.63. The van der Waals surface area contributed by atoms with Gasteiger partial charge >= 0.3 is 6.09 Å². The van der Waals surface area contributed by atoms with E-state index in [4.69, 9.17) is 4.74 Å². The smallest absolute Gasteiger partial charge is 0.409 e. The first-order valence-electron chi connectivity index (χ1n) is 5.17. The molecule has 0 N–H and O–H groups in total. The highest BCUT2D eigenvalue weighted by molar-refractivity contribution is 5.69. The van der Waals surface area contributed by atoms with Gasteiger partial charge in [-0.25, -0.2) is 4.79 Å². The predicted molar refractivity (Wildman–Crippen MR) is 53.8 cm³/mol. The van der Waals surface area contributed by atoms with Crippen LogP contribution in [0.5, 0.6) is 0 Å². The molecule has 1 fully saturated rings. The molecule has 1 aliphatic heterocycles. The molecule has 0 aromatic carbocycles. The molecule has 0 atom stereocenters. The normalized spacial score (nSPS) is 15.0. The Balaban J connectivity index is 0.000000424. The Hall–Kier alpha value is -0.730. The number of unbranched alkanes of at least 4 members (excludes halogenated alkanes) is 1. The summed E-state index contributed by atoms with van der Waals surface area (Å²) in [7, 11) is 0. The number of amides is 1. The minimum absolute atomic E-state index is 0.145. The maximum atomic E-state index is 10.8. The molecule has 0 spiro atoms. The SMILES string of the molecule is CCC.CCCCN1CCOC1=O. The van der Waals surface area contributed by atoms with Gasteiger partial charge in [0.15, 0.2) is 0 Å². The molecule has 1 rings (SSSR count). The van der Waals surface area contributed by atoms with Gasteiger partial charge in [0, 0.05) is 6.54 Å². The van der Waals surface area contributed by atoms with E-state index in [2.05, 4.69) is 20.8 Å². The highest BCUT2D eigenvalue weighted by atomic mass is 16.6. The molecule has 1 aliphatic rings. The van der Waals surface area contributed by atoms with Gasteiger partial charge in [0.05, 0.1) is 6.54 Å². The van der Waals surface area contributed by atoms with Crippen LogP contribution in [0.2, 0.25) is 0 Å². The monoisotopic (exact) mass is 187 g/mol. The van der Waals surface area contributed by atoms with Gasteiger partial charge in [-0.1, -0.05) is 33.6 Å². The molecule has 3 nitrogen and oxygen atoms in total. The lowest BCUT2D eigenvalue weighted by atomic mass is 10.3. The van der Waals surface area contributed by atoms with Gasteiger partial charge in [-0.2, -0.15) is 0 Å². The number of hydrogen-bond donors (Lipinski definition) is 0. The van der Waals surface area contributed by atoms with E-state index in [-0.39, 0.29) is 6.09 Å². The second-order valence-electron chi connectivity index (χ2n) is 3.16. The van der Waals surface area contributed by atoms with E-state index in [1.165, 1.54) is 6.42 Å². The summed E-state index contributed by atoms with van der Waals surface area (Å²) in [6.45, 7) is 8.57. The Morgan fingerprint density at radius 3 is 2.38 bits per heavy atom. The van der Waals surface area contributed by atoms with Gasteiger partial charge in [-0.15, -0.1) is 0 Å². The molecular weight excluding hydrogens is 166 g/mol. The summed E-state index contributed by atoms with van der Waals surface area (Å²) in [6, 6.07) is 0. The maximum absolute atomic E-state index is 10.8. The van der Waals surface area contributed by atoms with Gasteiger partial charge in [0.2, 0.25) is 0 Å². The van der Waals surface area contributed by atoms with Crippen LogP contribution >= 0.6 is 0 Å². The van der Waals surface area contributed by atoms with E-state index in [9.17, 15) is 4.79 Å². The highest BCUT2D eigenvalue weighted by Crippen LogP contribution is 2.04. The lowest BCUT2D eigenvalue weighted by Crippen LogP contribution is -2.25. The van der Waals surface area contributed by atoms with Crippen molar-refractivity contribution >= 4 is 6.09 Å². The average molecular weight is 187 g/mol. The number of cyclic esters (lactones) is 1. The van der Waals surface area contributed by atoms with E-state index in [1.807, 2.05) is 0 Å². The van der Waals surface area contributed by atoms with Gasteiger partial charge < -0.3 is 9.64 Å². The molecule has 0 radical (unpaired) electrons. The van der Waals surface area contributed by atoms with Crippen molar-refractivity contribution < 1.29 is 9.53 Å². The quantitative estimate of drug-likeness (QED) is 0.679. The molecule has 0 saturated carbocycles. The fourth-order valence-corrected chi connectivity index (χ4v) is 0.978. The molecule has 0 aliphatic carbocycles. The molecule has 1 amide bonds. The standard InChI is InChI=1S/C7H13NO2.C3H8/c1-2-3-4-8-5-6-10-7(8)9;1-3-2/h2-6H2,1H3;3H2,1-2H3. The van der Waals surface area contributed by atoms with E-state index < -0.39 is 0 Å². The van der Waals surface area contributed by atoms with E-state index in [0.29, 0.717) is 6.61 Å². The summed E-state index contributed by atoms with van der Waals surface area (Å²) >= 11 is 0. The zero-order valence-corrected chi connectivity index (χ0v) is 9.01. The number of carbonyl (C=O) groups excluding carboxylic acids is 1. The minimum atomic E-state index is -0.145. The van der Waals surface area contributed by atoms with Crippen molar-refractivity contribution in [2.75, 3.05) is 19.7 Å². The van der Waals surface area contributed by atoms with Crippen LogP contribution < -0.4 is 0 Å². The van der Waals surface area contributed by atoms with Crippen molar-refractivity contribution in [1.82, 2.24) is 4.90 Å². The molecule has 0 unspecified atom stereocenters. The van der Waals surface area contributed by atoms with Crippen LogP contribution in [-0.2, 0) is 4.74 Å². The average Bonchev–Trinajstić information content (AvgIpc) is 2.49. The lowest BCUT2D eigenvalue weighted by Gasteiger charge is -2.10. The Labute approximate surface area is 81.1 Å². The topological polar surface area (TPSA) is 29.5 Å². The van der Waals surface area contributed by atoms with Crippen LogP contribution in [0.4, 0.5) is 4.79 Å². The van der Waals surface area contributed by atoms with Crippen LogP contribution in [-0.4, -0.2) is 30.7 Å². The van der Waals surface area contributed by atoms with Gasteiger partial charge in [0.1, 0.15) is 6.61 Å². The Bertz CT molecular complexity index is 137. The zero-order valence-electron chi connectivity index (χ0n) is 9.01. The maximum Gasteiger partial charge on any atom is 0.409 e. The predicted octanol–water partition coefficient (Wildman–Crippen LogP) is 2.66. The van der Waals surface area contributed by atoms with Crippen molar-refractivity contribution in [2.24, 2.45) is 0 Å². The fourth-order valence-electron chi connectivity index (χ4n) is 0.978. The lowest BCUT2D eigenvalue weighted by molar-refractivity contribution is 0.158. The number of carbonyl (C=O) groups is 1. The summed E-state index contributed by atoms with van der Waals surface area (Å²) < 4.78 is 4.75. The third kappa shape index (κ3) is 5.50. The third-order valence-corrected chi connectivity index (χ3v) is 1.63. The minimum Gasteiger partial charge on any atom is -0.448 e. The van der Waals surface area contributed by atoms with Crippen molar-refractivity contribution in [3.05, 3.63) is 0 Å². The van der Waals surface area contributed by atoms with Crippen LogP contribution in [0.3, 0.4) is 0 Å². The van der Waals surface area contributed by atoms with E-state index in [1.54, 1.807) is 4.90 Å². The molecule has 13 heavy (non-hydrogen) atoms. The number of hydrogen-bond acceptors (Lipinski definition) is 2. The first-order chi connectivity index (χ1) is 6.26. The van der Waals surface area contributed by atoms with Gasteiger partial charge in [-0.3, -0.25) is 0 Å². The van der Waals surface area contributed by atoms with Crippen molar-refractivity contribution in [2.45, 2.75) is 40.0 Å². The first kappa shape index (κ1) is 12.3. The molecule has 0 bridgehead atoms. The Morgan fingerprint density at radius 1 is 1.38 bits per heavy atom. The summed E-state index contributed by atoms with van der Waals surface area (Å²) in [4.78, 5) is 12.5. The molecule has 3 heteroatoms. The molecule has 78 valence electrons. The van der Waals surface area contributed by atoms with Crippen LogP contribution in [0.25, 0.3) is 0 Å². The van der Waals surface area contributed by atoms with Crippen LogP contribution in [0.15, 0.2) is 0 Å². The molecule has 0 aromatic heterocycles. The second kappa shape index (κ2) is 7.90. The zero-order chi connectivity index (χ0) is 10.1. The second-order valence-corrected chi connectivity index (χ2v) is 3.16. The van der Waals surface area contributed by atoms with E-state index >= 15 is 0 Å². The van der Waals surface area contributed by atoms with Gasteiger partial charge in [0.25, 0.3) is 0 Å². The van der Waals surface area contributed by atoms with Crippen LogP contribution in [0, 0.1) is 0 Å². The fraction of sp³-hybridized carbons (Fsp3) is 0.900. The summed E-state index contributed by atoms with van der Waals surface area (Å²) in [6.07, 6.45) is 3.31. The number of nitrogens with zero attached hydrogens (tertiary/aromatic N) is 1. The van der Waals surface area contributed by atoms with Crippen molar-refractivity contribution in [3.63, 3.8) is 0 Å². The summed E-state index contributed by atoms with van der Waals surface area (Å²) in [5.74, 6) is 0. The molecule has 1 heterocycles. The number of ether oxygens (including phenoxy) is 1. The molecule has 0 aromatic rings.